The number of benzene rings is 1. The van der Waals surface area contributed by atoms with Crippen LogP contribution in [-0.4, -0.2) is 6.36 Å². The molecule has 1 unspecified atom stereocenters. The molecule has 3 nitrogen and oxygen atoms in total. The lowest BCUT2D eigenvalue weighted by Gasteiger charge is -2.14. The van der Waals surface area contributed by atoms with E-state index in [1.807, 2.05) is 6.92 Å². The first-order valence-electron chi connectivity index (χ1n) is 4.78. The first-order chi connectivity index (χ1) is 7.46. The zero-order chi connectivity index (χ0) is 12.2. The fourth-order valence-electron chi connectivity index (χ4n) is 1.35. The molecule has 0 aliphatic carbocycles. The number of rotatable bonds is 4. The van der Waals surface area contributed by atoms with Crippen molar-refractivity contribution in [1.29, 1.82) is 0 Å². The summed E-state index contributed by atoms with van der Waals surface area (Å²) in [5.74, 6) is 5.06. The van der Waals surface area contributed by atoms with Gasteiger partial charge in [-0.15, -0.1) is 13.2 Å². The second-order valence-electron chi connectivity index (χ2n) is 3.24. The van der Waals surface area contributed by atoms with Crippen LogP contribution in [0.4, 0.5) is 13.2 Å². The summed E-state index contributed by atoms with van der Waals surface area (Å²) in [5, 5.41) is 0. The van der Waals surface area contributed by atoms with E-state index in [0.717, 1.165) is 12.0 Å². The zero-order valence-corrected chi connectivity index (χ0v) is 8.71. The number of hydrogen-bond acceptors (Lipinski definition) is 3. The first kappa shape index (κ1) is 12.8. The number of hydrazine groups is 1. The van der Waals surface area contributed by atoms with Gasteiger partial charge in [0.25, 0.3) is 0 Å². The largest absolute Gasteiger partial charge is 0.573 e. The highest BCUT2D eigenvalue weighted by molar-refractivity contribution is 5.29. The summed E-state index contributed by atoms with van der Waals surface area (Å²) < 4.78 is 39.4. The van der Waals surface area contributed by atoms with E-state index in [0.29, 0.717) is 0 Å². The average molecular weight is 234 g/mol. The lowest BCUT2D eigenvalue weighted by Crippen LogP contribution is -2.27. The van der Waals surface area contributed by atoms with Crippen molar-refractivity contribution in [2.24, 2.45) is 5.84 Å². The number of halogens is 3. The summed E-state index contributed by atoms with van der Waals surface area (Å²) in [7, 11) is 0. The summed E-state index contributed by atoms with van der Waals surface area (Å²) in [5.41, 5.74) is 3.39. The van der Waals surface area contributed by atoms with E-state index in [4.69, 9.17) is 5.84 Å². The van der Waals surface area contributed by atoms with Gasteiger partial charge in [-0.05, 0) is 24.1 Å². The van der Waals surface area contributed by atoms with Crippen molar-refractivity contribution in [3.05, 3.63) is 29.8 Å². The number of nitrogens with two attached hydrogens (primary N) is 1. The van der Waals surface area contributed by atoms with Gasteiger partial charge >= 0.3 is 6.36 Å². The Hall–Kier alpha value is -1.27. The van der Waals surface area contributed by atoms with Crippen molar-refractivity contribution in [3.63, 3.8) is 0 Å². The normalized spacial score (nSPS) is 13.6. The Morgan fingerprint density at radius 3 is 2.25 bits per heavy atom. The van der Waals surface area contributed by atoms with Gasteiger partial charge in [-0.25, -0.2) is 0 Å². The molecule has 0 fully saturated rings. The molecule has 0 saturated heterocycles. The van der Waals surface area contributed by atoms with Crippen molar-refractivity contribution in [2.45, 2.75) is 25.7 Å². The molecule has 0 heterocycles. The van der Waals surface area contributed by atoms with Crippen LogP contribution in [0, 0.1) is 0 Å². The van der Waals surface area contributed by atoms with E-state index in [1.54, 1.807) is 12.1 Å². The molecule has 1 aromatic carbocycles. The highest BCUT2D eigenvalue weighted by Crippen LogP contribution is 2.24. The Labute approximate surface area is 91.4 Å². The van der Waals surface area contributed by atoms with Gasteiger partial charge in [0, 0.05) is 6.04 Å². The zero-order valence-electron chi connectivity index (χ0n) is 8.71. The van der Waals surface area contributed by atoms with Gasteiger partial charge in [0.15, 0.2) is 0 Å². The van der Waals surface area contributed by atoms with Gasteiger partial charge in [-0.3, -0.25) is 11.3 Å². The van der Waals surface area contributed by atoms with Crippen LogP contribution in [0.3, 0.4) is 0 Å². The predicted octanol–water partition coefficient (Wildman–Crippen LogP) is 2.50. The van der Waals surface area contributed by atoms with Gasteiger partial charge in [0.2, 0.25) is 0 Å². The Balaban J connectivity index is 2.75. The molecule has 0 saturated carbocycles. The Morgan fingerprint density at radius 1 is 1.31 bits per heavy atom. The molecule has 16 heavy (non-hydrogen) atoms. The van der Waals surface area contributed by atoms with E-state index >= 15 is 0 Å². The molecule has 1 atom stereocenters. The van der Waals surface area contributed by atoms with Crippen LogP contribution in [0.25, 0.3) is 0 Å². The van der Waals surface area contributed by atoms with Crippen LogP contribution < -0.4 is 16.0 Å². The highest BCUT2D eigenvalue weighted by Gasteiger charge is 2.30. The molecule has 6 heteroatoms. The van der Waals surface area contributed by atoms with Crippen LogP contribution in [0.2, 0.25) is 0 Å². The van der Waals surface area contributed by atoms with Gasteiger partial charge < -0.3 is 4.74 Å². The molecule has 0 amide bonds. The van der Waals surface area contributed by atoms with Crippen molar-refractivity contribution >= 4 is 0 Å². The second-order valence-corrected chi connectivity index (χ2v) is 3.24. The second kappa shape index (κ2) is 5.18. The molecular weight excluding hydrogens is 221 g/mol. The Bertz CT molecular complexity index is 320. The standard InChI is InChI=1S/C10H13F3N2O/c1-2-9(15-14)7-3-5-8(6-4-7)16-10(11,12)13/h3-6,9,15H,2,14H2,1H3. The third-order valence-corrected chi connectivity index (χ3v) is 2.13. The molecule has 3 N–H and O–H groups in total. The molecule has 0 radical (unpaired) electrons. The predicted molar refractivity (Wildman–Crippen MR) is 53.5 cm³/mol. The lowest BCUT2D eigenvalue weighted by atomic mass is 10.1. The van der Waals surface area contributed by atoms with Gasteiger partial charge in [0.1, 0.15) is 5.75 Å². The summed E-state index contributed by atoms with van der Waals surface area (Å²) >= 11 is 0. The van der Waals surface area contributed by atoms with Gasteiger partial charge in [-0.2, -0.15) is 0 Å². The summed E-state index contributed by atoms with van der Waals surface area (Å²) in [6.45, 7) is 1.92. The minimum Gasteiger partial charge on any atom is -0.406 e. The molecule has 0 spiro atoms. The maximum Gasteiger partial charge on any atom is 0.573 e. The molecule has 0 bridgehead atoms. The summed E-state index contributed by atoms with van der Waals surface area (Å²) in [6, 6.07) is 5.57. The third-order valence-electron chi connectivity index (χ3n) is 2.13. The lowest BCUT2D eigenvalue weighted by molar-refractivity contribution is -0.274. The summed E-state index contributed by atoms with van der Waals surface area (Å²) in [4.78, 5) is 0. The number of alkyl halides is 3. The maximum atomic E-state index is 11.9. The number of hydrogen-bond donors (Lipinski definition) is 2. The average Bonchev–Trinajstić information content (AvgIpc) is 2.20. The van der Waals surface area contributed by atoms with E-state index in [9.17, 15) is 13.2 Å². The van der Waals surface area contributed by atoms with Crippen LogP contribution in [0.15, 0.2) is 24.3 Å². The minimum absolute atomic E-state index is 0.0695. The SMILES string of the molecule is CCC(NN)c1ccc(OC(F)(F)F)cc1. The molecule has 0 aliphatic heterocycles. The number of nitrogens with one attached hydrogen (secondary N) is 1. The minimum atomic E-state index is -4.65. The van der Waals surface area contributed by atoms with E-state index in [1.165, 1.54) is 12.1 Å². The third kappa shape index (κ3) is 3.71. The molecule has 0 aliphatic rings. The smallest absolute Gasteiger partial charge is 0.406 e. The van der Waals surface area contributed by atoms with Crippen LogP contribution >= 0.6 is 0 Å². The Kier molecular flexibility index (Phi) is 4.14. The molecule has 0 aromatic heterocycles. The van der Waals surface area contributed by atoms with Crippen molar-refractivity contribution < 1.29 is 17.9 Å². The van der Waals surface area contributed by atoms with Crippen molar-refractivity contribution in [2.75, 3.05) is 0 Å². The summed E-state index contributed by atoms with van der Waals surface area (Å²) in [6.07, 6.45) is -3.91. The first-order valence-corrected chi connectivity index (χ1v) is 4.78. The van der Waals surface area contributed by atoms with Crippen LogP contribution in [-0.2, 0) is 0 Å². The topological polar surface area (TPSA) is 47.3 Å². The molecule has 1 rings (SSSR count). The number of ether oxygens (including phenoxy) is 1. The maximum absolute atomic E-state index is 11.9. The fraction of sp³-hybridized carbons (Fsp3) is 0.400. The van der Waals surface area contributed by atoms with Crippen molar-refractivity contribution in [3.8, 4) is 5.75 Å². The quantitative estimate of drug-likeness (QED) is 0.621. The van der Waals surface area contributed by atoms with Crippen molar-refractivity contribution in [1.82, 2.24) is 5.43 Å². The van der Waals surface area contributed by atoms with E-state index in [2.05, 4.69) is 10.2 Å². The van der Waals surface area contributed by atoms with Gasteiger partial charge in [-0.1, -0.05) is 19.1 Å². The molecule has 90 valence electrons. The van der Waals surface area contributed by atoms with E-state index < -0.39 is 6.36 Å². The fourth-order valence-corrected chi connectivity index (χ4v) is 1.35. The molecule has 1 aromatic rings. The monoisotopic (exact) mass is 234 g/mol. The van der Waals surface area contributed by atoms with E-state index in [-0.39, 0.29) is 11.8 Å². The van der Waals surface area contributed by atoms with Gasteiger partial charge in [0.05, 0.1) is 0 Å². The highest BCUT2D eigenvalue weighted by atomic mass is 19.4. The molecular formula is C10H13F3N2O. The Morgan fingerprint density at radius 2 is 1.88 bits per heavy atom. The van der Waals surface area contributed by atoms with Crippen LogP contribution in [0.1, 0.15) is 24.9 Å². The van der Waals surface area contributed by atoms with Crippen LogP contribution in [0.5, 0.6) is 5.75 Å².